The monoisotopic (exact) mass is 269 g/mol. The van der Waals surface area contributed by atoms with Crippen molar-refractivity contribution in [2.75, 3.05) is 31.8 Å². The first kappa shape index (κ1) is 13.6. The van der Waals surface area contributed by atoms with Crippen LogP contribution in [0.4, 0.5) is 14.5 Å². The Morgan fingerprint density at radius 3 is 2.74 bits per heavy atom. The van der Waals surface area contributed by atoms with Crippen molar-refractivity contribution in [3.63, 3.8) is 0 Å². The lowest BCUT2D eigenvalue weighted by atomic mass is 10.2. The smallest absolute Gasteiger partial charge is 0.202 e. The van der Waals surface area contributed by atoms with Crippen molar-refractivity contribution in [1.82, 2.24) is 4.90 Å². The molecule has 0 bridgehead atoms. The minimum absolute atomic E-state index is 0.0931. The van der Waals surface area contributed by atoms with E-state index in [9.17, 15) is 8.78 Å². The highest BCUT2D eigenvalue weighted by molar-refractivity contribution is 5.54. The predicted molar refractivity (Wildman–Crippen MR) is 69.8 cm³/mol. The summed E-state index contributed by atoms with van der Waals surface area (Å²) in [4.78, 5) is 3.64. The summed E-state index contributed by atoms with van der Waals surface area (Å²) in [5.74, 6) is -1.96. The van der Waals surface area contributed by atoms with Crippen LogP contribution < -0.4 is 15.4 Å². The van der Waals surface area contributed by atoms with Crippen molar-refractivity contribution in [2.45, 2.75) is 6.42 Å². The van der Waals surface area contributed by atoms with Crippen LogP contribution >= 0.6 is 0 Å². The van der Waals surface area contributed by atoms with E-state index >= 15 is 0 Å². The van der Waals surface area contributed by atoms with Gasteiger partial charge in [-0.1, -0.05) is 0 Å². The van der Waals surface area contributed by atoms with Crippen molar-refractivity contribution < 1.29 is 13.5 Å². The van der Waals surface area contributed by atoms with Crippen LogP contribution in [0.3, 0.4) is 0 Å². The number of methoxy groups -OCH3 is 1. The maximum atomic E-state index is 13.9. The van der Waals surface area contributed by atoms with Gasteiger partial charge in [0.05, 0.1) is 19.5 Å². The van der Waals surface area contributed by atoms with Crippen molar-refractivity contribution in [1.29, 1.82) is 0 Å². The molecular weight excluding hydrogens is 252 g/mol. The molecule has 1 aliphatic heterocycles. The van der Waals surface area contributed by atoms with Gasteiger partial charge in [-0.3, -0.25) is 0 Å². The molecule has 4 nitrogen and oxygen atoms in total. The topological polar surface area (TPSA) is 41.7 Å². The van der Waals surface area contributed by atoms with Gasteiger partial charge in [0.25, 0.3) is 0 Å². The van der Waals surface area contributed by atoms with Crippen molar-refractivity contribution >= 4 is 5.69 Å². The molecule has 0 saturated carbocycles. The Morgan fingerprint density at radius 2 is 2.05 bits per heavy atom. The van der Waals surface area contributed by atoms with Crippen molar-refractivity contribution in [3.8, 4) is 5.75 Å². The predicted octanol–water partition coefficient (Wildman–Crippen LogP) is 1.87. The second-order valence-electron chi connectivity index (χ2n) is 4.28. The lowest BCUT2D eigenvalue weighted by molar-refractivity contribution is 0.370. The van der Waals surface area contributed by atoms with E-state index in [2.05, 4.69) is 0 Å². The Bertz CT molecular complexity index is 479. The molecule has 1 heterocycles. The van der Waals surface area contributed by atoms with E-state index in [1.807, 2.05) is 11.1 Å². The highest BCUT2D eigenvalue weighted by atomic mass is 19.2. The molecule has 0 saturated heterocycles. The fourth-order valence-corrected chi connectivity index (χ4v) is 1.96. The Balaban J connectivity index is 2.12. The summed E-state index contributed by atoms with van der Waals surface area (Å²) in [6.07, 6.45) is 4.43. The van der Waals surface area contributed by atoms with Gasteiger partial charge in [0.2, 0.25) is 5.82 Å². The van der Waals surface area contributed by atoms with Crippen LogP contribution in [0.15, 0.2) is 24.5 Å². The number of hydrogen-bond acceptors (Lipinski definition) is 4. The zero-order chi connectivity index (χ0) is 13.8. The zero-order valence-electron chi connectivity index (χ0n) is 10.8. The maximum Gasteiger partial charge on any atom is 0.202 e. The SMILES string of the molecule is COc1ccc(N2C=CN(CCCN)C2)c(F)c1F. The molecule has 0 aliphatic carbocycles. The van der Waals surface area contributed by atoms with Gasteiger partial charge in [0, 0.05) is 18.9 Å². The standard InChI is InChI=1S/C13H17F2N3O/c1-19-11-4-3-10(12(14)13(11)15)18-8-7-17(9-18)6-2-5-16/h3-4,7-8H,2,5-6,9,16H2,1H3. The van der Waals surface area contributed by atoms with Gasteiger partial charge in [-0.25, -0.2) is 4.39 Å². The molecule has 0 spiro atoms. The first-order valence-corrected chi connectivity index (χ1v) is 6.08. The Labute approximate surface area is 111 Å². The van der Waals surface area contributed by atoms with Gasteiger partial charge >= 0.3 is 0 Å². The first-order valence-electron chi connectivity index (χ1n) is 6.08. The summed E-state index contributed by atoms with van der Waals surface area (Å²) in [5.41, 5.74) is 5.64. The van der Waals surface area contributed by atoms with E-state index in [0.29, 0.717) is 13.2 Å². The zero-order valence-corrected chi connectivity index (χ0v) is 10.8. The van der Waals surface area contributed by atoms with E-state index in [1.54, 1.807) is 11.1 Å². The van der Waals surface area contributed by atoms with Gasteiger partial charge in [-0.15, -0.1) is 0 Å². The second kappa shape index (κ2) is 5.88. The lowest BCUT2D eigenvalue weighted by Crippen LogP contribution is -2.27. The molecule has 1 aromatic rings. The van der Waals surface area contributed by atoms with Gasteiger partial charge in [-0.2, -0.15) is 4.39 Å². The van der Waals surface area contributed by atoms with E-state index in [1.165, 1.54) is 19.2 Å². The molecular formula is C13H17F2N3O. The molecule has 19 heavy (non-hydrogen) atoms. The van der Waals surface area contributed by atoms with E-state index < -0.39 is 11.6 Å². The number of hydrogen-bond donors (Lipinski definition) is 1. The molecule has 1 aliphatic rings. The van der Waals surface area contributed by atoms with Gasteiger partial charge in [-0.05, 0) is 25.1 Å². The number of ether oxygens (including phenoxy) is 1. The van der Waals surface area contributed by atoms with Gasteiger partial charge < -0.3 is 20.3 Å². The third-order valence-electron chi connectivity index (χ3n) is 3.00. The third-order valence-corrected chi connectivity index (χ3v) is 3.00. The number of rotatable bonds is 5. The highest BCUT2D eigenvalue weighted by Crippen LogP contribution is 2.29. The third kappa shape index (κ3) is 2.78. The molecule has 0 unspecified atom stereocenters. The Kier molecular flexibility index (Phi) is 4.21. The van der Waals surface area contributed by atoms with Gasteiger partial charge in [0.15, 0.2) is 11.6 Å². The second-order valence-corrected chi connectivity index (χ2v) is 4.28. The summed E-state index contributed by atoms with van der Waals surface area (Å²) in [6, 6.07) is 2.93. The molecule has 2 N–H and O–H groups in total. The summed E-state index contributed by atoms with van der Waals surface area (Å²) in [7, 11) is 1.31. The average Bonchev–Trinajstić information content (AvgIpc) is 2.88. The highest BCUT2D eigenvalue weighted by Gasteiger charge is 2.21. The molecule has 0 atom stereocenters. The molecule has 0 fully saturated rings. The molecule has 2 rings (SSSR count). The van der Waals surface area contributed by atoms with Crippen LogP contribution in [0, 0.1) is 11.6 Å². The van der Waals surface area contributed by atoms with Crippen molar-refractivity contribution in [3.05, 3.63) is 36.2 Å². The Hall–Kier alpha value is -1.82. The van der Waals surface area contributed by atoms with E-state index in [4.69, 9.17) is 10.5 Å². The largest absolute Gasteiger partial charge is 0.494 e. The minimum Gasteiger partial charge on any atom is -0.494 e. The summed E-state index contributed by atoms with van der Waals surface area (Å²) in [5, 5.41) is 0. The number of benzene rings is 1. The molecule has 0 aromatic heterocycles. The fraction of sp³-hybridized carbons (Fsp3) is 0.385. The van der Waals surface area contributed by atoms with Crippen LogP contribution in [0.1, 0.15) is 6.42 Å². The quantitative estimate of drug-likeness (QED) is 0.886. The molecule has 104 valence electrons. The van der Waals surface area contributed by atoms with Gasteiger partial charge in [0.1, 0.15) is 0 Å². The summed E-state index contributed by atoms with van der Waals surface area (Å²) < 4.78 is 32.3. The van der Waals surface area contributed by atoms with E-state index in [-0.39, 0.29) is 11.4 Å². The molecule has 0 amide bonds. The van der Waals surface area contributed by atoms with Crippen LogP contribution in [0.5, 0.6) is 5.75 Å². The molecule has 6 heteroatoms. The molecule has 1 aromatic carbocycles. The molecule has 0 radical (unpaired) electrons. The first-order chi connectivity index (χ1) is 9.17. The van der Waals surface area contributed by atoms with E-state index in [0.717, 1.165) is 13.0 Å². The number of halogens is 2. The van der Waals surface area contributed by atoms with Crippen LogP contribution in [-0.4, -0.2) is 31.8 Å². The Morgan fingerprint density at radius 1 is 1.26 bits per heavy atom. The number of anilines is 1. The number of nitrogens with two attached hydrogens (primary N) is 1. The van der Waals surface area contributed by atoms with Crippen LogP contribution in [0.25, 0.3) is 0 Å². The minimum atomic E-state index is -0.964. The number of nitrogens with zero attached hydrogens (tertiary/aromatic N) is 2. The fourth-order valence-electron chi connectivity index (χ4n) is 1.96. The summed E-state index contributed by atoms with van der Waals surface area (Å²) >= 11 is 0. The van der Waals surface area contributed by atoms with Crippen LogP contribution in [-0.2, 0) is 0 Å². The average molecular weight is 269 g/mol. The van der Waals surface area contributed by atoms with Crippen LogP contribution in [0.2, 0.25) is 0 Å². The van der Waals surface area contributed by atoms with Crippen molar-refractivity contribution in [2.24, 2.45) is 5.73 Å². The lowest BCUT2D eigenvalue weighted by Gasteiger charge is -2.22. The normalized spacial score (nSPS) is 14.3. The maximum absolute atomic E-state index is 13.9. The summed E-state index contributed by atoms with van der Waals surface area (Å²) in [6.45, 7) is 1.89.